The highest BCUT2D eigenvalue weighted by molar-refractivity contribution is 5.84. The Morgan fingerprint density at radius 1 is 1.04 bits per heavy atom. The fourth-order valence-electron chi connectivity index (χ4n) is 3.06. The minimum Gasteiger partial charge on any atom is -0.481 e. The molecule has 0 saturated carbocycles. The average Bonchev–Trinajstić information content (AvgIpc) is 2.71. The standard InChI is InChI=1S/C22H22N2O4/c25-21(26)11-10-19(24-22(27)28-15-16-6-2-1-3-7-16)12-18-14-23-13-17-8-4-5-9-20(17)18/h1-9,13-14,19H,10-12,15H2,(H,24,27)(H,25,26). The van der Waals surface area contributed by atoms with E-state index in [1.807, 2.05) is 54.6 Å². The number of carbonyl (C=O) groups is 2. The van der Waals surface area contributed by atoms with Crippen LogP contribution in [0.1, 0.15) is 24.0 Å². The minimum absolute atomic E-state index is 0.0399. The third-order valence-electron chi connectivity index (χ3n) is 4.46. The molecule has 3 aromatic rings. The monoisotopic (exact) mass is 378 g/mol. The van der Waals surface area contributed by atoms with Crippen LogP contribution in [0.15, 0.2) is 67.0 Å². The molecule has 1 atom stereocenters. The molecular formula is C22H22N2O4. The molecule has 1 unspecified atom stereocenters. The summed E-state index contributed by atoms with van der Waals surface area (Å²) in [5.74, 6) is -0.902. The maximum absolute atomic E-state index is 12.2. The molecule has 2 N–H and O–H groups in total. The number of hydrogen-bond acceptors (Lipinski definition) is 4. The van der Waals surface area contributed by atoms with Crippen LogP contribution < -0.4 is 5.32 Å². The fourth-order valence-corrected chi connectivity index (χ4v) is 3.06. The number of ether oxygens (including phenoxy) is 1. The zero-order valence-corrected chi connectivity index (χ0v) is 15.4. The van der Waals surface area contributed by atoms with E-state index in [0.29, 0.717) is 12.8 Å². The smallest absolute Gasteiger partial charge is 0.407 e. The van der Waals surface area contributed by atoms with Crippen molar-refractivity contribution in [2.24, 2.45) is 0 Å². The highest BCUT2D eigenvalue weighted by atomic mass is 16.5. The van der Waals surface area contributed by atoms with E-state index in [9.17, 15) is 9.59 Å². The van der Waals surface area contributed by atoms with E-state index in [1.165, 1.54) is 0 Å². The number of aliphatic carboxylic acids is 1. The number of rotatable bonds is 8. The van der Waals surface area contributed by atoms with Crippen molar-refractivity contribution in [1.29, 1.82) is 0 Å². The van der Waals surface area contributed by atoms with Crippen molar-refractivity contribution >= 4 is 22.8 Å². The molecule has 144 valence electrons. The maximum Gasteiger partial charge on any atom is 0.407 e. The number of pyridine rings is 1. The Balaban J connectivity index is 1.67. The summed E-state index contributed by atoms with van der Waals surface area (Å²) in [4.78, 5) is 27.5. The number of fused-ring (bicyclic) bond motifs is 1. The van der Waals surface area contributed by atoms with Crippen molar-refractivity contribution in [1.82, 2.24) is 10.3 Å². The van der Waals surface area contributed by atoms with E-state index in [4.69, 9.17) is 9.84 Å². The first-order valence-corrected chi connectivity index (χ1v) is 9.12. The highest BCUT2D eigenvalue weighted by Gasteiger charge is 2.17. The number of aromatic nitrogens is 1. The quantitative estimate of drug-likeness (QED) is 0.620. The van der Waals surface area contributed by atoms with Gasteiger partial charge in [0.25, 0.3) is 0 Å². The number of nitrogens with one attached hydrogen (secondary N) is 1. The molecule has 0 aliphatic rings. The normalized spacial score (nSPS) is 11.7. The molecule has 0 spiro atoms. The van der Waals surface area contributed by atoms with Crippen molar-refractivity contribution in [3.05, 3.63) is 78.1 Å². The summed E-state index contributed by atoms with van der Waals surface area (Å²) in [5.41, 5.74) is 1.84. The highest BCUT2D eigenvalue weighted by Crippen LogP contribution is 2.19. The Kier molecular flexibility index (Phi) is 6.57. The molecule has 28 heavy (non-hydrogen) atoms. The van der Waals surface area contributed by atoms with Crippen molar-refractivity contribution in [3.63, 3.8) is 0 Å². The molecular weight excluding hydrogens is 356 g/mol. The Bertz CT molecular complexity index is 938. The Labute approximate surface area is 163 Å². The van der Waals surface area contributed by atoms with Crippen LogP contribution in [0.4, 0.5) is 4.79 Å². The summed E-state index contributed by atoms with van der Waals surface area (Å²) in [6.07, 6.45) is 3.72. The average molecular weight is 378 g/mol. The summed E-state index contributed by atoms with van der Waals surface area (Å²) in [7, 11) is 0. The molecule has 0 saturated heterocycles. The lowest BCUT2D eigenvalue weighted by Crippen LogP contribution is -2.37. The maximum atomic E-state index is 12.2. The summed E-state index contributed by atoms with van der Waals surface area (Å²) >= 11 is 0. The zero-order valence-electron chi connectivity index (χ0n) is 15.4. The summed E-state index contributed by atoms with van der Waals surface area (Å²) < 4.78 is 5.28. The Morgan fingerprint density at radius 3 is 2.57 bits per heavy atom. The number of hydrogen-bond donors (Lipinski definition) is 2. The zero-order chi connectivity index (χ0) is 19.8. The van der Waals surface area contributed by atoms with Crippen LogP contribution in [0.3, 0.4) is 0 Å². The van der Waals surface area contributed by atoms with E-state index in [2.05, 4.69) is 10.3 Å². The van der Waals surface area contributed by atoms with E-state index in [0.717, 1.165) is 21.9 Å². The summed E-state index contributed by atoms with van der Waals surface area (Å²) in [6.45, 7) is 0.161. The van der Waals surface area contributed by atoms with Gasteiger partial charge in [0.2, 0.25) is 0 Å². The Morgan fingerprint density at radius 2 is 1.79 bits per heavy atom. The molecule has 0 aliphatic heterocycles. The summed E-state index contributed by atoms with van der Waals surface area (Å²) in [6, 6.07) is 16.9. The van der Waals surface area contributed by atoms with Gasteiger partial charge < -0.3 is 15.2 Å². The van der Waals surface area contributed by atoms with Gasteiger partial charge in [-0.3, -0.25) is 9.78 Å². The number of benzene rings is 2. The van der Waals surface area contributed by atoms with E-state index < -0.39 is 12.1 Å². The first-order chi connectivity index (χ1) is 13.6. The van der Waals surface area contributed by atoms with Crippen LogP contribution in [0.5, 0.6) is 0 Å². The van der Waals surface area contributed by atoms with Gasteiger partial charge in [-0.15, -0.1) is 0 Å². The largest absolute Gasteiger partial charge is 0.481 e. The molecule has 1 amide bonds. The van der Waals surface area contributed by atoms with E-state index in [-0.39, 0.29) is 19.1 Å². The van der Waals surface area contributed by atoms with Gasteiger partial charge in [0.05, 0.1) is 0 Å². The lowest BCUT2D eigenvalue weighted by Gasteiger charge is -2.19. The van der Waals surface area contributed by atoms with Crippen molar-refractivity contribution in [3.8, 4) is 0 Å². The lowest BCUT2D eigenvalue weighted by atomic mass is 9.99. The topological polar surface area (TPSA) is 88.5 Å². The predicted molar refractivity (Wildman–Crippen MR) is 106 cm³/mol. The number of carboxylic acid groups (broad SMARTS) is 1. The van der Waals surface area contributed by atoms with Crippen molar-refractivity contribution in [2.45, 2.75) is 31.9 Å². The molecule has 3 rings (SSSR count). The van der Waals surface area contributed by atoms with Crippen LogP contribution in [0, 0.1) is 0 Å². The second-order valence-electron chi connectivity index (χ2n) is 6.56. The second-order valence-corrected chi connectivity index (χ2v) is 6.56. The number of carboxylic acids is 1. The van der Waals surface area contributed by atoms with Gasteiger partial charge >= 0.3 is 12.1 Å². The molecule has 1 heterocycles. The van der Waals surface area contributed by atoms with E-state index >= 15 is 0 Å². The molecule has 6 nitrogen and oxygen atoms in total. The van der Waals surface area contributed by atoms with E-state index in [1.54, 1.807) is 12.4 Å². The van der Waals surface area contributed by atoms with Gasteiger partial charge in [-0.1, -0.05) is 54.6 Å². The molecule has 0 fully saturated rings. The van der Waals surface area contributed by atoms with Crippen LogP contribution >= 0.6 is 0 Å². The predicted octanol–water partition coefficient (Wildman–Crippen LogP) is 3.94. The third kappa shape index (κ3) is 5.54. The van der Waals surface area contributed by atoms with Gasteiger partial charge in [-0.25, -0.2) is 4.79 Å². The number of nitrogens with zero attached hydrogens (tertiary/aromatic N) is 1. The molecule has 0 radical (unpaired) electrons. The van der Waals surface area contributed by atoms with Gasteiger partial charge in [0.15, 0.2) is 0 Å². The van der Waals surface area contributed by atoms with Crippen LogP contribution in [-0.2, 0) is 22.6 Å². The third-order valence-corrected chi connectivity index (χ3v) is 4.46. The number of alkyl carbamates (subject to hydrolysis) is 1. The van der Waals surface area contributed by atoms with Gasteiger partial charge in [0.1, 0.15) is 6.61 Å². The first kappa shape index (κ1) is 19.4. The minimum atomic E-state index is -0.902. The second kappa shape index (κ2) is 9.50. The van der Waals surface area contributed by atoms with Crippen molar-refractivity contribution < 1.29 is 19.4 Å². The Hall–Kier alpha value is -3.41. The van der Waals surface area contributed by atoms with Gasteiger partial charge in [0, 0.05) is 30.2 Å². The first-order valence-electron chi connectivity index (χ1n) is 9.12. The van der Waals surface area contributed by atoms with Crippen LogP contribution in [0.2, 0.25) is 0 Å². The van der Waals surface area contributed by atoms with Crippen LogP contribution in [-0.4, -0.2) is 28.2 Å². The fraction of sp³-hybridized carbons (Fsp3) is 0.227. The number of amides is 1. The number of carbonyl (C=O) groups excluding carboxylic acids is 1. The summed E-state index contributed by atoms with van der Waals surface area (Å²) in [5, 5.41) is 13.9. The van der Waals surface area contributed by atoms with Crippen molar-refractivity contribution in [2.75, 3.05) is 0 Å². The molecule has 2 aromatic carbocycles. The van der Waals surface area contributed by atoms with Gasteiger partial charge in [-0.2, -0.15) is 0 Å². The van der Waals surface area contributed by atoms with Gasteiger partial charge in [-0.05, 0) is 29.4 Å². The molecule has 6 heteroatoms. The lowest BCUT2D eigenvalue weighted by molar-refractivity contribution is -0.137. The molecule has 0 bridgehead atoms. The molecule has 0 aliphatic carbocycles. The SMILES string of the molecule is O=C(O)CCC(Cc1cncc2ccccc12)NC(=O)OCc1ccccc1. The molecule has 1 aromatic heterocycles. The van der Waals surface area contributed by atoms with Crippen LogP contribution in [0.25, 0.3) is 10.8 Å².